The highest BCUT2D eigenvalue weighted by molar-refractivity contribution is 6.30. The molecule has 6 heteroatoms. The second kappa shape index (κ2) is 12.5. The first-order valence-corrected chi connectivity index (χ1v) is 12.5. The zero-order valence-corrected chi connectivity index (χ0v) is 20.5. The highest BCUT2D eigenvalue weighted by Gasteiger charge is 2.31. The summed E-state index contributed by atoms with van der Waals surface area (Å²) >= 11 is 6.03. The van der Waals surface area contributed by atoms with Crippen molar-refractivity contribution in [3.63, 3.8) is 0 Å². The molecule has 3 aromatic carbocycles. The Hall–Kier alpha value is -3.15. The lowest BCUT2D eigenvalue weighted by Crippen LogP contribution is -2.52. The maximum absolute atomic E-state index is 13.7. The summed E-state index contributed by atoms with van der Waals surface area (Å²) in [6, 6.07) is 26.2. The molecule has 0 bridgehead atoms. The third-order valence-corrected chi connectivity index (χ3v) is 6.52. The molecule has 0 saturated carbocycles. The van der Waals surface area contributed by atoms with Crippen LogP contribution in [0, 0.1) is 0 Å². The van der Waals surface area contributed by atoms with Crippen LogP contribution in [0.2, 0.25) is 5.02 Å². The van der Waals surface area contributed by atoms with Crippen molar-refractivity contribution in [2.45, 2.75) is 44.4 Å². The van der Waals surface area contributed by atoms with Crippen molar-refractivity contribution in [3.8, 4) is 0 Å². The molecule has 0 unspecified atom stereocenters. The van der Waals surface area contributed by atoms with Gasteiger partial charge in [0.2, 0.25) is 11.8 Å². The number of benzene rings is 3. The van der Waals surface area contributed by atoms with Crippen molar-refractivity contribution in [1.29, 1.82) is 0 Å². The fourth-order valence-electron chi connectivity index (χ4n) is 4.35. The number of hydrogen-bond donors (Lipinski definition) is 1. The second-order valence-corrected chi connectivity index (χ2v) is 9.33. The molecule has 1 aliphatic rings. The minimum absolute atomic E-state index is 0.0312. The first-order chi connectivity index (χ1) is 17.1. The van der Waals surface area contributed by atoms with E-state index in [1.54, 1.807) is 17.0 Å². The molecule has 1 aliphatic heterocycles. The molecule has 2 atom stereocenters. The number of halogens is 1. The predicted octanol–water partition coefficient (Wildman–Crippen LogP) is 4.82. The number of hydrogen-bond acceptors (Lipinski definition) is 3. The first-order valence-electron chi connectivity index (χ1n) is 12.1. The van der Waals surface area contributed by atoms with E-state index >= 15 is 0 Å². The summed E-state index contributed by atoms with van der Waals surface area (Å²) in [7, 11) is 0. The van der Waals surface area contributed by atoms with E-state index in [0.717, 1.165) is 36.1 Å². The molecule has 3 aromatic rings. The minimum atomic E-state index is -0.654. The van der Waals surface area contributed by atoms with Gasteiger partial charge >= 0.3 is 0 Å². The van der Waals surface area contributed by atoms with Crippen LogP contribution in [0.1, 0.15) is 29.5 Å². The Morgan fingerprint density at radius 2 is 1.57 bits per heavy atom. The summed E-state index contributed by atoms with van der Waals surface area (Å²) in [6.07, 6.45) is 2.59. The summed E-state index contributed by atoms with van der Waals surface area (Å²) in [5, 5.41) is 3.69. The van der Waals surface area contributed by atoms with E-state index in [2.05, 4.69) is 5.32 Å². The summed E-state index contributed by atoms with van der Waals surface area (Å²) in [4.78, 5) is 29.0. The van der Waals surface area contributed by atoms with E-state index in [1.807, 2.05) is 72.8 Å². The first kappa shape index (κ1) is 25.0. The average Bonchev–Trinajstić information content (AvgIpc) is 3.41. The van der Waals surface area contributed by atoms with Gasteiger partial charge in [-0.3, -0.25) is 9.59 Å². The Morgan fingerprint density at radius 1 is 0.914 bits per heavy atom. The van der Waals surface area contributed by atoms with Gasteiger partial charge in [0.05, 0.1) is 12.5 Å². The maximum atomic E-state index is 13.7. The quantitative estimate of drug-likeness (QED) is 0.443. The van der Waals surface area contributed by atoms with Crippen molar-refractivity contribution in [2.24, 2.45) is 0 Å². The van der Waals surface area contributed by atoms with Gasteiger partial charge in [-0.25, -0.2) is 0 Å². The topological polar surface area (TPSA) is 58.6 Å². The summed E-state index contributed by atoms with van der Waals surface area (Å²) in [6.45, 7) is 1.53. The fraction of sp³-hybridized carbons (Fsp3) is 0.310. The zero-order valence-electron chi connectivity index (χ0n) is 19.7. The van der Waals surface area contributed by atoms with Crippen molar-refractivity contribution in [2.75, 3.05) is 13.2 Å². The molecule has 2 amide bonds. The van der Waals surface area contributed by atoms with Crippen molar-refractivity contribution in [1.82, 2.24) is 10.2 Å². The van der Waals surface area contributed by atoms with E-state index in [9.17, 15) is 9.59 Å². The number of rotatable bonds is 10. The van der Waals surface area contributed by atoms with Crippen molar-refractivity contribution < 1.29 is 14.3 Å². The number of ether oxygens (including phenoxy) is 1. The van der Waals surface area contributed by atoms with Gasteiger partial charge < -0.3 is 15.0 Å². The average molecular weight is 491 g/mol. The monoisotopic (exact) mass is 490 g/mol. The summed E-state index contributed by atoms with van der Waals surface area (Å²) < 4.78 is 5.69. The summed E-state index contributed by atoms with van der Waals surface area (Å²) in [5.74, 6) is -0.269. The molecular formula is C29H31ClN2O3. The second-order valence-electron chi connectivity index (χ2n) is 8.90. The van der Waals surface area contributed by atoms with Crippen LogP contribution >= 0.6 is 11.6 Å². The molecule has 35 heavy (non-hydrogen) atoms. The molecule has 5 nitrogen and oxygen atoms in total. The van der Waals surface area contributed by atoms with Crippen LogP contribution in [0.4, 0.5) is 0 Å². The van der Waals surface area contributed by atoms with Gasteiger partial charge in [0.15, 0.2) is 0 Å². The van der Waals surface area contributed by atoms with Crippen LogP contribution < -0.4 is 5.32 Å². The van der Waals surface area contributed by atoms with Crippen LogP contribution in [0.15, 0.2) is 84.9 Å². The number of carbonyl (C=O) groups is 2. The normalized spacial score (nSPS) is 16.0. The van der Waals surface area contributed by atoms with Gasteiger partial charge in [-0.15, -0.1) is 0 Å². The van der Waals surface area contributed by atoms with Crippen LogP contribution in [-0.4, -0.2) is 42.0 Å². The Bertz CT molecular complexity index is 1080. The van der Waals surface area contributed by atoms with Crippen LogP contribution in [-0.2, 0) is 33.7 Å². The number of carbonyl (C=O) groups excluding carboxylic acids is 2. The van der Waals surface area contributed by atoms with E-state index in [-0.39, 0.29) is 24.3 Å². The third-order valence-electron chi connectivity index (χ3n) is 6.26. The van der Waals surface area contributed by atoms with Crippen molar-refractivity contribution in [3.05, 3.63) is 107 Å². The highest BCUT2D eigenvalue weighted by Crippen LogP contribution is 2.18. The molecule has 0 spiro atoms. The SMILES string of the molecule is O=C(NC[C@H]1CCCO1)[C@@H](Cc1ccccc1)N(Cc1ccccc1)C(=O)Cc1ccc(Cl)cc1. The van der Waals surface area contributed by atoms with E-state index in [0.29, 0.717) is 24.5 Å². The Morgan fingerprint density at radius 3 is 2.20 bits per heavy atom. The highest BCUT2D eigenvalue weighted by atomic mass is 35.5. The standard InChI is InChI=1S/C29H31ClN2O3/c30-25-15-13-23(14-16-25)19-28(33)32(21-24-10-5-2-6-11-24)27(18-22-8-3-1-4-9-22)29(34)31-20-26-12-7-17-35-26/h1-6,8-11,13-16,26-27H,7,12,17-21H2,(H,31,34)/t26-,27-/m1/s1. The lowest BCUT2D eigenvalue weighted by molar-refractivity contribution is -0.141. The molecule has 1 saturated heterocycles. The van der Waals surface area contributed by atoms with Gasteiger partial charge in [0, 0.05) is 31.1 Å². The maximum Gasteiger partial charge on any atom is 0.243 e. The fourth-order valence-corrected chi connectivity index (χ4v) is 4.48. The lowest BCUT2D eigenvalue weighted by Gasteiger charge is -2.32. The Kier molecular flexibility index (Phi) is 8.93. The molecule has 0 aromatic heterocycles. The predicted molar refractivity (Wildman–Crippen MR) is 138 cm³/mol. The third kappa shape index (κ3) is 7.41. The Labute approximate surface area is 212 Å². The van der Waals surface area contributed by atoms with Gasteiger partial charge in [-0.05, 0) is 41.7 Å². The molecular weight excluding hydrogens is 460 g/mol. The van der Waals surface area contributed by atoms with Gasteiger partial charge in [-0.2, -0.15) is 0 Å². The van der Waals surface area contributed by atoms with Gasteiger partial charge in [0.1, 0.15) is 6.04 Å². The van der Waals surface area contributed by atoms with Crippen LogP contribution in [0.3, 0.4) is 0 Å². The van der Waals surface area contributed by atoms with Crippen LogP contribution in [0.25, 0.3) is 0 Å². The molecule has 1 fully saturated rings. The van der Waals surface area contributed by atoms with E-state index in [4.69, 9.17) is 16.3 Å². The minimum Gasteiger partial charge on any atom is -0.376 e. The lowest BCUT2D eigenvalue weighted by atomic mass is 10.0. The van der Waals surface area contributed by atoms with E-state index < -0.39 is 6.04 Å². The molecule has 1 N–H and O–H groups in total. The smallest absolute Gasteiger partial charge is 0.243 e. The van der Waals surface area contributed by atoms with Crippen LogP contribution in [0.5, 0.6) is 0 Å². The molecule has 4 rings (SSSR count). The number of amides is 2. The number of nitrogens with zero attached hydrogens (tertiary/aromatic N) is 1. The Balaban J connectivity index is 1.60. The molecule has 1 heterocycles. The van der Waals surface area contributed by atoms with Gasteiger partial charge in [-0.1, -0.05) is 84.4 Å². The van der Waals surface area contributed by atoms with E-state index in [1.165, 1.54) is 0 Å². The van der Waals surface area contributed by atoms with Crippen molar-refractivity contribution >= 4 is 23.4 Å². The molecule has 0 radical (unpaired) electrons. The largest absolute Gasteiger partial charge is 0.376 e. The molecule has 0 aliphatic carbocycles. The zero-order chi connectivity index (χ0) is 24.5. The van der Waals surface area contributed by atoms with Gasteiger partial charge in [0.25, 0.3) is 0 Å². The summed E-state index contributed by atoms with van der Waals surface area (Å²) in [5.41, 5.74) is 2.83. The molecule has 182 valence electrons. The number of nitrogens with one attached hydrogen (secondary N) is 1.